The largest absolute Gasteiger partial charge is 0.494 e. The third kappa shape index (κ3) is 5.75. The van der Waals surface area contributed by atoms with E-state index in [-0.39, 0.29) is 17.9 Å². The maximum absolute atomic E-state index is 13.4. The van der Waals surface area contributed by atoms with Gasteiger partial charge in [-0.1, -0.05) is 6.07 Å². The Morgan fingerprint density at radius 2 is 1.79 bits per heavy atom. The average Bonchev–Trinajstić information content (AvgIpc) is 3.30. The molecule has 1 aromatic heterocycles. The van der Waals surface area contributed by atoms with Crippen molar-refractivity contribution >= 4 is 17.5 Å². The lowest BCUT2D eigenvalue weighted by Gasteiger charge is -2.21. The van der Waals surface area contributed by atoms with Crippen LogP contribution in [0.5, 0.6) is 5.75 Å². The quantitative estimate of drug-likeness (QED) is 0.446. The van der Waals surface area contributed by atoms with Gasteiger partial charge in [0.15, 0.2) is 0 Å². The molecule has 0 spiro atoms. The summed E-state index contributed by atoms with van der Waals surface area (Å²) in [6, 6.07) is 13.4. The topological polar surface area (TPSA) is 78.8 Å². The first-order chi connectivity index (χ1) is 18.2. The van der Waals surface area contributed by atoms with Crippen molar-refractivity contribution in [2.24, 2.45) is 7.05 Å². The number of aryl methyl sites for hydroxylation is 2. The van der Waals surface area contributed by atoms with E-state index in [0.717, 1.165) is 27.9 Å². The van der Waals surface area contributed by atoms with Crippen LogP contribution in [0.3, 0.4) is 0 Å². The van der Waals surface area contributed by atoms with Gasteiger partial charge in [0.2, 0.25) is 0 Å². The Kier molecular flexibility index (Phi) is 7.90. The van der Waals surface area contributed by atoms with Gasteiger partial charge >= 0.3 is 0 Å². The Bertz CT molecular complexity index is 1390. The average molecular weight is 514 g/mol. The van der Waals surface area contributed by atoms with Crippen molar-refractivity contribution in [1.29, 1.82) is 0 Å². The van der Waals surface area contributed by atoms with Crippen LogP contribution in [0.25, 0.3) is 11.1 Å². The van der Waals surface area contributed by atoms with Crippen LogP contribution < -0.4 is 20.3 Å². The zero-order valence-electron chi connectivity index (χ0n) is 22.8. The van der Waals surface area contributed by atoms with Gasteiger partial charge in [0.25, 0.3) is 11.8 Å². The van der Waals surface area contributed by atoms with Crippen LogP contribution in [-0.2, 0) is 7.05 Å². The molecule has 2 heterocycles. The summed E-state index contributed by atoms with van der Waals surface area (Å²) in [5.41, 5.74) is 5.73. The first-order valence-corrected chi connectivity index (χ1v) is 12.6. The van der Waals surface area contributed by atoms with Gasteiger partial charge in [0, 0.05) is 69.0 Å². The van der Waals surface area contributed by atoms with Gasteiger partial charge in [0.1, 0.15) is 11.4 Å². The van der Waals surface area contributed by atoms with Crippen molar-refractivity contribution in [1.82, 2.24) is 20.1 Å². The van der Waals surface area contributed by atoms with Gasteiger partial charge in [-0.15, -0.1) is 0 Å². The van der Waals surface area contributed by atoms with Crippen molar-refractivity contribution in [3.8, 4) is 16.9 Å². The summed E-state index contributed by atoms with van der Waals surface area (Å²) >= 11 is 0. The Hall–Kier alpha value is -4.46. The van der Waals surface area contributed by atoms with Gasteiger partial charge in [0.05, 0.1) is 12.6 Å². The summed E-state index contributed by atoms with van der Waals surface area (Å²) in [6.45, 7) is 6.35. The van der Waals surface area contributed by atoms with Gasteiger partial charge in [-0.3, -0.25) is 9.59 Å². The number of hydrogen-bond donors (Lipinski definition) is 2. The number of amides is 2. The number of rotatable bonds is 8. The number of aromatic nitrogens is 1. The number of benzene rings is 2. The first-order valence-electron chi connectivity index (χ1n) is 12.6. The van der Waals surface area contributed by atoms with Crippen LogP contribution in [-0.4, -0.2) is 42.0 Å². The number of nitrogens with one attached hydrogen (secondary N) is 2. The molecule has 2 aromatic carbocycles. The third-order valence-corrected chi connectivity index (χ3v) is 6.48. The Balaban J connectivity index is 1.62. The summed E-state index contributed by atoms with van der Waals surface area (Å²) < 4.78 is 7.68. The fourth-order valence-electron chi connectivity index (χ4n) is 4.35. The molecule has 2 amide bonds. The minimum atomic E-state index is -0.282. The number of carbonyl (C=O) groups is 2. The van der Waals surface area contributed by atoms with Crippen LogP contribution in [0, 0.1) is 6.92 Å². The molecular formula is C30H35N5O3. The molecule has 0 fully saturated rings. The van der Waals surface area contributed by atoms with E-state index in [1.165, 1.54) is 0 Å². The Morgan fingerprint density at radius 1 is 1.05 bits per heavy atom. The maximum atomic E-state index is 13.4. The smallest absolute Gasteiger partial charge is 0.269 e. The molecular weight excluding hydrogens is 478 g/mol. The second kappa shape index (κ2) is 11.3. The van der Waals surface area contributed by atoms with Gasteiger partial charge in [-0.2, -0.15) is 0 Å². The molecule has 1 atom stereocenters. The molecule has 0 radical (unpaired) electrons. The van der Waals surface area contributed by atoms with E-state index in [4.69, 9.17) is 4.74 Å². The molecule has 8 nitrogen and oxygen atoms in total. The van der Waals surface area contributed by atoms with Crippen molar-refractivity contribution in [2.75, 3.05) is 25.6 Å². The highest BCUT2D eigenvalue weighted by Gasteiger charge is 2.19. The fourth-order valence-corrected chi connectivity index (χ4v) is 4.35. The van der Waals surface area contributed by atoms with E-state index < -0.39 is 0 Å². The standard InChI is InChI=1S/C30H35N5O3/c1-7-38-26-15-22(14-23(16-26)24-17-28(34(6)19-24)30(37)33(4)5)21(3)32-29(36)27-18-25(9-8-20(27)2)35-12-10-31-11-13-35/h8-19,21,31H,7H2,1-6H3,(H,32,36)/t21-/m1/s1. The molecule has 3 aromatic rings. The molecule has 198 valence electrons. The predicted octanol–water partition coefficient (Wildman–Crippen LogP) is 4.94. The molecule has 0 aliphatic carbocycles. The number of nitrogens with zero attached hydrogens (tertiary/aromatic N) is 3. The highest BCUT2D eigenvalue weighted by atomic mass is 16.5. The molecule has 0 saturated carbocycles. The van der Waals surface area contributed by atoms with Crippen LogP contribution in [0.4, 0.5) is 5.69 Å². The predicted molar refractivity (Wildman–Crippen MR) is 151 cm³/mol. The summed E-state index contributed by atoms with van der Waals surface area (Å²) in [7, 11) is 5.34. The van der Waals surface area contributed by atoms with Gasteiger partial charge in [-0.25, -0.2) is 0 Å². The molecule has 8 heteroatoms. The van der Waals surface area contributed by atoms with Crippen molar-refractivity contribution < 1.29 is 14.3 Å². The molecule has 0 saturated heterocycles. The minimum Gasteiger partial charge on any atom is -0.494 e. The maximum Gasteiger partial charge on any atom is 0.269 e. The molecule has 0 unspecified atom stereocenters. The normalized spacial score (nSPS) is 13.2. The van der Waals surface area contributed by atoms with E-state index >= 15 is 0 Å². The molecule has 1 aliphatic rings. The van der Waals surface area contributed by atoms with Crippen molar-refractivity contribution in [2.45, 2.75) is 26.8 Å². The highest BCUT2D eigenvalue weighted by Crippen LogP contribution is 2.31. The van der Waals surface area contributed by atoms with E-state index in [2.05, 4.69) is 10.6 Å². The molecule has 1 aliphatic heterocycles. The first kappa shape index (κ1) is 26.6. The van der Waals surface area contributed by atoms with Crippen LogP contribution in [0.1, 0.15) is 51.9 Å². The zero-order valence-corrected chi connectivity index (χ0v) is 22.8. The van der Waals surface area contributed by atoms with E-state index in [1.54, 1.807) is 19.0 Å². The fraction of sp³-hybridized carbons (Fsp3) is 0.267. The van der Waals surface area contributed by atoms with Crippen LogP contribution in [0.15, 0.2) is 73.5 Å². The zero-order chi connectivity index (χ0) is 27.4. The lowest BCUT2D eigenvalue weighted by Crippen LogP contribution is -2.27. The van der Waals surface area contributed by atoms with E-state index in [0.29, 0.717) is 23.6 Å². The lowest BCUT2D eigenvalue weighted by atomic mass is 10.00. The number of hydrogen-bond acceptors (Lipinski definition) is 5. The van der Waals surface area contributed by atoms with Crippen LogP contribution in [0.2, 0.25) is 0 Å². The Labute approximate surface area is 224 Å². The summed E-state index contributed by atoms with van der Waals surface area (Å²) in [5, 5.41) is 6.16. The molecule has 0 bridgehead atoms. The molecule has 38 heavy (non-hydrogen) atoms. The highest BCUT2D eigenvalue weighted by molar-refractivity contribution is 5.97. The van der Waals surface area contributed by atoms with Crippen molar-refractivity contribution in [3.05, 3.63) is 95.8 Å². The van der Waals surface area contributed by atoms with Crippen molar-refractivity contribution in [3.63, 3.8) is 0 Å². The van der Waals surface area contributed by atoms with Gasteiger partial charge in [-0.05, 0) is 73.9 Å². The summed E-state index contributed by atoms with van der Waals surface area (Å²) in [5.74, 6) is 0.493. The summed E-state index contributed by atoms with van der Waals surface area (Å²) in [4.78, 5) is 29.5. The molecule has 4 rings (SSSR count). The third-order valence-electron chi connectivity index (χ3n) is 6.48. The SMILES string of the molecule is CCOc1cc(-c2cc(C(=O)N(C)C)n(C)c2)cc([C@@H](C)NC(=O)c2cc(N3C=CNC=C3)ccc2C)c1. The lowest BCUT2D eigenvalue weighted by molar-refractivity contribution is 0.0818. The minimum absolute atomic E-state index is 0.0648. The van der Waals surface area contributed by atoms with E-state index in [1.807, 2.05) is 111 Å². The monoisotopic (exact) mass is 513 g/mol. The molecule has 2 N–H and O–H groups in total. The number of ether oxygens (including phenoxy) is 1. The summed E-state index contributed by atoms with van der Waals surface area (Å²) in [6.07, 6.45) is 9.39. The van der Waals surface area contributed by atoms with E-state index in [9.17, 15) is 9.59 Å². The van der Waals surface area contributed by atoms with Gasteiger partial charge < -0.3 is 29.7 Å². The Morgan fingerprint density at radius 3 is 2.47 bits per heavy atom. The number of anilines is 1. The second-order valence-corrected chi connectivity index (χ2v) is 9.55. The second-order valence-electron chi connectivity index (χ2n) is 9.55. The van der Waals surface area contributed by atoms with Crippen LogP contribution >= 0.6 is 0 Å². The number of carbonyl (C=O) groups excluding carboxylic acids is 2.